The molecule has 3 rings (SSSR count). The fraction of sp³-hybridized carbons (Fsp3) is 0.450. The molecule has 126 valence electrons. The molecule has 1 saturated heterocycles. The number of nitrogens with two attached hydrogens (primary N) is 1. The molecule has 24 heavy (non-hydrogen) atoms. The van der Waals surface area contributed by atoms with Crippen LogP contribution in [-0.4, -0.2) is 17.7 Å². The number of benzene rings is 1. The molecule has 2 heterocycles. The number of piperidine rings is 1. The molecule has 0 bridgehead atoms. The molecule has 2 atom stereocenters. The maximum Gasteiger partial charge on any atom is 0.133 e. The van der Waals surface area contributed by atoms with E-state index in [0.29, 0.717) is 29.8 Å². The van der Waals surface area contributed by atoms with Crippen LogP contribution in [0.4, 0.5) is 11.5 Å². The lowest BCUT2D eigenvalue weighted by Gasteiger charge is -2.37. The SMILES string of the molecule is Cc1ccccc1Cn1c(C#N)cc(N)c1N1CC(C)CC(C)C1. The van der Waals surface area contributed by atoms with Crippen LogP contribution in [0.2, 0.25) is 0 Å². The van der Waals surface area contributed by atoms with E-state index in [-0.39, 0.29) is 0 Å². The minimum atomic E-state index is 0.636. The van der Waals surface area contributed by atoms with Gasteiger partial charge < -0.3 is 15.2 Å². The highest BCUT2D eigenvalue weighted by Gasteiger charge is 2.27. The molecule has 0 aliphatic carbocycles. The van der Waals surface area contributed by atoms with Gasteiger partial charge in [0.25, 0.3) is 0 Å². The van der Waals surface area contributed by atoms with Crippen molar-refractivity contribution in [2.24, 2.45) is 11.8 Å². The summed E-state index contributed by atoms with van der Waals surface area (Å²) in [7, 11) is 0. The first-order chi connectivity index (χ1) is 11.5. The van der Waals surface area contributed by atoms with Crippen LogP contribution in [0.25, 0.3) is 0 Å². The van der Waals surface area contributed by atoms with E-state index in [9.17, 15) is 5.26 Å². The van der Waals surface area contributed by atoms with Crippen molar-refractivity contribution in [3.05, 3.63) is 47.2 Å². The topological polar surface area (TPSA) is 58.0 Å². The molecule has 1 aromatic heterocycles. The van der Waals surface area contributed by atoms with E-state index in [2.05, 4.69) is 48.4 Å². The van der Waals surface area contributed by atoms with Gasteiger partial charge in [0, 0.05) is 13.1 Å². The van der Waals surface area contributed by atoms with Gasteiger partial charge in [-0.2, -0.15) is 5.26 Å². The van der Waals surface area contributed by atoms with E-state index in [4.69, 9.17) is 5.73 Å². The first-order valence-corrected chi connectivity index (χ1v) is 8.68. The molecule has 2 N–H and O–H groups in total. The molecular formula is C20H26N4. The number of nitriles is 1. The van der Waals surface area contributed by atoms with Crippen molar-refractivity contribution in [3.8, 4) is 6.07 Å². The Kier molecular flexibility index (Phi) is 4.53. The number of hydrogen-bond acceptors (Lipinski definition) is 3. The van der Waals surface area contributed by atoms with Crippen molar-refractivity contribution in [3.63, 3.8) is 0 Å². The normalized spacial score (nSPS) is 20.8. The Bertz CT molecular complexity index is 758. The van der Waals surface area contributed by atoms with Crippen molar-refractivity contribution >= 4 is 11.5 Å². The smallest absolute Gasteiger partial charge is 0.133 e. The summed E-state index contributed by atoms with van der Waals surface area (Å²) < 4.78 is 2.09. The number of anilines is 2. The molecule has 2 aromatic rings. The van der Waals surface area contributed by atoms with Crippen LogP contribution in [0.5, 0.6) is 0 Å². The highest BCUT2D eigenvalue weighted by Crippen LogP contribution is 2.33. The summed E-state index contributed by atoms with van der Waals surface area (Å²) in [6.45, 7) is 9.37. The molecule has 1 fully saturated rings. The third kappa shape index (κ3) is 3.12. The quantitative estimate of drug-likeness (QED) is 0.935. The van der Waals surface area contributed by atoms with Gasteiger partial charge in [-0.3, -0.25) is 0 Å². The zero-order valence-electron chi connectivity index (χ0n) is 14.8. The Labute approximate surface area is 144 Å². The predicted octanol–water partition coefficient (Wildman–Crippen LogP) is 3.78. The second-order valence-corrected chi connectivity index (χ2v) is 7.28. The Hall–Kier alpha value is -2.41. The number of aromatic nitrogens is 1. The summed E-state index contributed by atoms with van der Waals surface area (Å²) in [5.74, 6) is 2.29. The molecule has 1 aliphatic heterocycles. The summed E-state index contributed by atoms with van der Waals surface area (Å²) in [5.41, 5.74) is 10.1. The highest BCUT2D eigenvalue weighted by atomic mass is 15.3. The zero-order chi connectivity index (χ0) is 17.3. The van der Waals surface area contributed by atoms with E-state index in [1.807, 2.05) is 18.2 Å². The van der Waals surface area contributed by atoms with E-state index in [1.165, 1.54) is 17.5 Å². The van der Waals surface area contributed by atoms with Crippen LogP contribution in [0.1, 0.15) is 37.1 Å². The number of rotatable bonds is 3. The van der Waals surface area contributed by atoms with Gasteiger partial charge in [0.2, 0.25) is 0 Å². The highest BCUT2D eigenvalue weighted by molar-refractivity contribution is 5.68. The average molecular weight is 322 g/mol. The number of aryl methyl sites for hydroxylation is 1. The van der Waals surface area contributed by atoms with Crippen LogP contribution in [0.15, 0.2) is 30.3 Å². The summed E-state index contributed by atoms with van der Waals surface area (Å²) >= 11 is 0. The summed E-state index contributed by atoms with van der Waals surface area (Å²) in [6.07, 6.45) is 1.25. The van der Waals surface area contributed by atoms with Crippen molar-refractivity contribution in [1.29, 1.82) is 5.26 Å². The largest absolute Gasteiger partial charge is 0.396 e. The van der Waals surface area contributed by atoms with Gasteiger partial charge >= 0.3 is 0 Å². The molecule has 0 amide bonds. The second-order valence-electron chi connectivity index (χ2n) is 7.28. The van der Waals surface area contributed by atoms with Crippen molar-refractivity contribution in [2.75, 3.05) is 23.7 Å². The Morgan fingerprint density at radius 2 is 1.88 bits per heavy atom. The molecule has 0 radical (unpaired) electrons. The van der Waals surface area contributed by atoms with Gasteiger partial charge in [-0.05, 0) is 42.4 Å². The minimum Gasteiger partial charge on any atom is -0.396 e. The molecule has 1 aliphatic rings. The minimum absolute atomic E-state index is 0.636. The number of hydrogen-bond donors (Lipinski definition) is 1. The lowest BCUT2D eigenvalue weighted by molar-refractivity contribution is 0.353. The fourth-order valence-corrected chi connectivity index (χ4v) is 3.96. The lowest BCUT2D eigenvalue weighted by Crippen LogP contribution is -2.40. The van der Waals surface area contributed by atoms with Gasteiger partial charge in [0.05, 0.1) is 12.2 Å². The maximum absolute atomic E-state index is 9.56. The molecule has 2 unspecified atom stereocenters. The van der Waals surface area contributed by atoms with E-state index < -0.39 is 0 Å². The van der Waals surface area contributed by atoms with Crippen LogP contribution in [0.3, 0.4) is 0 Å². The van der Waals surface area contributed by atoms with E-state index in [0.717, 1.165) is 18.9 Å². The third-order valence-corrected chi connectivity index (χ3v) is 4.97. The van der Waals surface area contributed by atoms with Gasteiger partial charge in [-0.1, -0.05) is 38.1 Å². The van der Waals surface area contributed by atoms with Crippen molar-refractivity contribution in [1.82, 2.24) is 4.57 Å². The Balaban J connectivity index is 2.02. The number of nitrogen functional groups attached to an aromatic ring is 1. The fourth-order valence-electron chi connectivity index (χ4n) is 3.96. The standard InChI is InChI=1S/C20H26N4/c1-14-8-15(2)12-23(11-14)20-19(22)9-18(10-21)24(20)13-17-7-5-4-6-16(17)3/h4-7,9,14-15H,8,11-13,22H2,1-3H3. The van der Waals surface area contributed by atoms with E-state index >= 15 is 0 Å². The maximum atomic E-state index is 9.56. The third-order valence-electron chi connectivity index (χ3n) is 4.97. The van der Waals surface area contributed by atoms with Crippen molar-refractivity contribution < 1.29 is 0 Å². The molecular weight excluding hydrogens is 296 g/mol. The van der Waals surface area contributed by atoms with E-state index in [1.54, 1.807) is 0 Å². The van der Waals surface area contributed by atoms with Crippen LogP contribution in [-0.2, 0) is 6.54 Å². The summed E-state index contributed by atoms with van der Waals surface area (Å²) in [4.78, 5) is 2.37. The first kappa shape index (κ1) is 16.4. The van der Waals surface area contributed by atoms with Crippen LogP contribution in [0, 0.1) is 30.1 Å². The van der Waals surface area contributed by atoms with Gasteiger partial charge in [0.1, 0.15) is 17.6 Å². The summed E-state index contributed by atoms with van der Waals surface area (Å²) in [5, 5.41) is 9.56. The Morgan fingerprint density at radius 1 is 1.21 bits per heavy atom. The Morgan fingerprint density at radius 3 is 2.50 bits per heavy atom. The zero-order valence-corrected chi connectivity index (χ0v) is 14.8. The second kappa shape index (κ2) is 6.60. The molecule has 4 nitrogen and oxygen atoms in total. The van der Waals surface area contributed by atoms with Crippen LogP contribution >= 0.6 is 0 Å². The predicted molar refractivity (Wildman–Crippen MR) is 99.0 cm³/mol. The lowest BCUT2D eigenvalue weighted by atomic mass is 9.92. The van der Waals surface area contributed by atoms with Crippen molar-refractivity contribution in [2.45, 2.75) is 33.7 Å². The monoisotopic (exact) mass is 322 g/mol. The molecule has 0 spiro atoms. The number of nitrogens with zero attached hydrogens (tertiary/aromatic N) is 3. The van der Waals surface area contributed by atoms with Gasteiger partial charge in [-0.15, -0.1) is 0 Å². The molecule has 4 heteroatoms. The summed E-state index contributed by atoms with van der Waals surface area (Å²) in [6, 6.07) is 12.5. The van der Waals surface area contributed by atoms with Gasteiger partial charge in [-0.25, -0.2) is 0 Å². The molecule has 1 aromatic carbocycles. The van der Waals surface area contributed by atoms with Crippen LogP contribution < -0.4 is 10.6 Å². The van der Waals surface area contributed by atoms with Gasteiger partial charge in [0.15, 0.2) is 0 Å². The average Bonchev–Trinajstić information content (AvgIpc) is 2.84. The first-order valence-electron chi connectivity index (χ1n) is 8.68. The molecule has 0 saturated carbocycles.